The molecule has 0 radical (unpaired) electrons. The molecule has 18 heavy (non-hydrogen) atoms. The van der Waals surface area contributed by atoms with Crippen molar-refractivity contribution in [1.82, 2.24) is 0 Å². The third kappa shape index (κ3) is 6.39. The maximum Gasteiger partial charge on any atom is 0.309 e. The van der Waals surface area contributed by atoms with Crippen LogP contribution in [0.1, 0.15) is 13.3 Å². The van der Waals surface area contributed by atoms with Gasteiger partial charge in [0.2, 0.25) is 0 Å². The molecule has 100 valence electrons. The standard InChI is InChI=1S/C13H19NO3S/c1-2-18-9-8-17-13(15)6-7-16-12-5-3-4-11(14)10-12/h3-5,10H,2,6-9,14H2,1H3. The number of thioether (sulfide) groups is 1. The van der Waals surface area contributed by atoms with Crippen molar-refractivity contribution in [3.63, 3.8) is 0 Å². The Hall–Kier alpha value is -1.36. The van der Waals surface area contributed by atoms with Crippen LogP contribution in [0.5, 0.6) is 5.75 Å². The second-order valence-electron chi connectivity index (χ2n) is 3.59. The normalized spacial score (nSPS) is 10.1. The minimum Gasteiger partial charge on any atom is -0.493 e. The van der Waals surface area contributed by atoms with Crippen LogP contribution in [-0.2, 0) is 9.53 Å². The Morgan fingerprint density at radius 3 is 2.94 bits per heavy atom. The van der Waals surface area contributed by atoms with Crippen LogP contribution in [0.2, 0.25) is 0 Å². The second kappa shape index (κ2) is 8.69. The average molecular weight is 269 g/mol. The first-order valence-corrected chi connectivity index (χ1v) is 7.09. The lowest BCUT2D eigenvalue weighted by atomic mass is 10.3. The first kappa shape index (κ1) is 14.7. The molecule has 0 saturated carbocycles. The number of hydrogen-bond acceptors (Lipinski definition) is 5. The van der Waals surface area contributed by atoms with Gasteiger partial charge in [-0.15, -0.1) is 0 Å². The fourth-order valence-electron chi connectivity index (χ4n) is 1.29. The Kier molecular flexibility index (Phi) is 7.10. The third-order valence-electron chi connectivity index (χ3n) is 2.13. The van der Waals surface area contributed by atoms with Crippen molar-refractivity contribution < 1.29 is 14.3 Å². The molecule has 0 heterocycles. The molecule has 4 nitrogen and oxygen atoms in total. The summed E-state index contributed by atoms with van der Waals surface area (Å²) in [5.41, 5.74) is 6.26. The Bertz CT molecular complexity index is 371. The van der Waals surface area contributed by atoms with E-state index in [9.17, 15) is 4.79 Å². The first-order chi connectivity index (χ1) is 8.72. The maximum absolute atomic E-state index is 11.3. The molecule has 0 amide bonds. The van der Waals surface area contributed by atoms with Crippen molar-refractivity contribution in [2.75, 3.05) is 30.5 Å². The SMILES string of the molecule is CCSCCOC(=O)CCOc1cccc(N)c1. The number of esters is 1. The molecule has 0 aliphatic carbocycles. The van der Waals surface area contributed by atoms with Crippen molar-refractivity contribution in [1.29, 1.82) is 0 Å². The lowest BCUT2D eigenvalue weighted by Gasteiger charge is -2.07. The van der Waals surface area contributed by atoms with Gasteiger partial charge in [-0.2, -0.15) is 11.8 Å². The van der Waals surface area contributed by atoms with Crippen molar-refractivity contribution in [2.24, 2.45) is 0 Å². The predicted molar refractivity (Wildman–Crippen MR) is 74.9 cm³/mol. The van der Waals surface area contributed by atoms with Crippen LogP contribution in [0.3, 0.4) is 0 Å². The Morgan fingerprint density at radius 2 is 2.22 bits per heavy atom. The highest BCUT2D eigenvalue weighted by Crippen LogP contribution is 2.14. The molecule has 0 saturated heterocycles. The van der Waals surface area contributed by atoms with Gasteiger partial charge >= 0.3 is 5.97 Å². The van der Waals surface area contributed by atoms with Crippen LogP contribution in [0.15, 0.2) is 24.3 Å². The highest BCUT2D eigenvalue weighted by molar-refractivity contribution is 7.99. The molecule has 0 aromatic heterocycles. The highest BCUT2D eigenvalue weighted by atomic mass is 32.2. The third-order valence-corrected chi connectivity index (χ3v) is 2.99. The van der Waals surface area contributed by atoms with Crippen LogP contribution in [-0.4, -0.2) is 30.7 Å². The predicted octanol–water partition coefficient (Wildman–Crippen LogP) is 2.33. The van der Waals surface area contributed by atoms with Gasteiger partial charge in [-0.3, -0.25) is 4.79 Å². The van der Waals surface area contributed by atoms with Gasteiger partial charge in [0, 0.05) is 17.5 Å². The Labute approximate surface area is 112 Å². The number of anilines is 1. The summed E-state index contributed by atoms with van der Waals surface area (Å²) in [5, 5.41) is 0. The van der Waals surface area contributed by atoms with E-state index in [1.807, 2.05) is 6.07 Å². The number of hydrogen-bond donors (Lipinski definition) is 1. The molecule has 0 spiro atoms. The number of nitrogens with two attached hydrogens (primary N) is 1. The number of carbonyl (C=O) groups is 1. The van der Waals surface area contributed by atoms with E-state index in [0.717, 1.165) is 11.5 Å². The van der Waals surface area contributed by atoms with Crippen molar-refractivity contribution in [3.8, 4) is 5.75 Å². The Balaban J connectivity index is 2.12. The molecule has 0 atom stereocenters. The van der Waals surface area contributed by atoms with Gasteiger partial charge in [0.25, 0.3) is 0 Å². The van der Waals surface area contributed by atoms with Gasteiger partial charge < -0.3 is 15.2 Å². The summed E-state index contributed by atoms with van der Waals surface area (Å²) in [4.78, 5) is 11.3. The van der Waals surface area contributed by atoms with E-state index in [-0.39, 0.29) is 12.4 Å². The molecule has 0 aliphatic rings. The number of carbonyl (C=O) groups excluding carboxylic acids is 1. The van der Waals surface area contributed by atoms with Crippen molar-refractivity contribution in [2.45, 2.75) is 13.3 Å². The second-order valence-corrected chi connectivity index (χ2v) is 4.98. The first-order valence-electron chi connectivity index (χ1n) is 5.94. The van der Waals surface area contributed by atoms with Gasteiger partial charge in [-0.05, 0) is 17.9 Å². The average Bonchev–Trinajstić information content (AvgIpc) is 2.35. The monoisotopic (exact) mass is 269 g/mol. The lowest BCUT2D eigenvalue weighted by molar-refractivity contribution is -0.143. The van der Waals surface area contributed by atoms with Crippen molar-refractivity contribution in [3.05, 3.63) is 24.3 Å². The highest BCUT2D eigenvalue weighted by Gasteiger charge is 2.03. The van der Waals surface area contributed by atoms with Gasteiger partial charge in [0.15, 0.2) is 0 Å². The van der Waals surface area contributed by atoms with Gasteiger partial charge in [0.05, 0.1) is 13.0 Å². The Morgan fingerprint density at radius 1 is 1.39 bits per heavy atom. The molecular weight excluding hydrogens is 250 g/mol. The van der Waals surface area contributed by atoms with Gasteiger partial charge in [-0.1, -0.05) is 13.0 Å². The van der Waals surface area contributed by atoms with Crippen LogP contribution in [0, 0.1) is 0 Å². The summed E-state index contributed by atoms with van der Waals surface area (Å²) in [6.45, 7) is 2.85. The van der Waals surface area contributed by atoms with Crippen LogP contribution < -0.4 is 10.5 Å². The summed E-state index contributed by atoms with van der Waals surface area (Å²) in [5.74, 6) is 2.33. The molecule has 0 unspecified atom stereocenters. The van der Waals surface area contributed by atoms with Gasteiger partial charge in [0.1, 0.15) is 12.4 Å². The zero-order chi connectivity index (χ0) is 13.2. The lowest BCUT2D eigenvalue weighted by Crippen LogP contribution is -2.11. The van der Waals surface area contributed by atoms with Crippen molar-refractivity contribution >= 4 is 23.4 Å². The van der Waals surface area contributed by atoms with E-state index in [2.05, 4.69) is 6.92 Å². The smallest absolute Gasteiger partial charge is 0.309 e. The number of ether oxygens (including phenoxy) is 2. The molecular formula is C13H19NO3S. The summed E-state index contributed by atoms with van der Waals surface area (Å²) < 4.78 is 10.4. The number of benzene rings is 1. The van der Waals surface area contributed by atoms with E-state index in [4.69, 9.17) is 15.2 Å². The summed E-state index contributed by atoms with van der Waals surface area (Å²) in [6.07, 6.45) is 0.256. The molecule has 5 heteroatoms. The topological polar surface area (TPSA) is 61.5 Å². The summed E-state index contributed by atoms with van der Waals surface area (Å²) >= 11 is 1.75. The molecule has 1 rings (SSSR count). The van der Waals surface area contributed by atoms with E-state index in [1.54, 1.807) is 30.0 Å². The number of rotatable bonds is 8. The van der Waals surface area contributed by atoms with E-state index >= 15 is 0 Å². The minimum atomic E-state index is -0.226. The fourth-order valence-corrected chi connectivity index (χ4v) is 1.78. The quantitative estimate of drug-likeness (QED) is 0.446. The summed E-state index contributed by atoms with van der Waals surface area (Å²) in [6, 6.07) is 7.13. The zero-order valence-corrected chi connectivity index (χ0v) is 11.4. The maximum atomic E-state index is 11.3. The molecule has 0 bridgehead atoms. The summed E-state index contributed by atoms with van der Waals surface area (Å²) in [7, 11) is 0. The van der Waals surface area contributed by atoms with Crippen LogP contribution >= 0.6 is 11.8 Å². The molecule has 0 fully saturated rings. The van der Waals surface area contributed by atoms with Crippen LogP contribution in [0.25, 0.3) is 0 Å². The minimum absolute atomic E-state index is 0.226. The molecule has 0 aliphatic heterocycles. The van der Waals surface area contributed by atoms with Crippen LogP contribution in [0.4, 0.5) is 5.69 Å². The van der Waals surface area contributed by atoms with E-state index < -0.39 is 0 Å². The molecule has 1 aromatic rings. The number of nitrogen functional groups attached to an aromatic ring is 1. The van der Waals surface area contributed by atoms with E-state index in [1.165, 1.54) is 0 Å². The van der Waals surface area contributed by atoms with Gasteiger partial charge in [-0.25, -0.2) is 0 Å². The molecule has 2 N–H and O–H groups in total. The van der Waals surface area contributed by atoms with E-state index in [0.29, 0.717) is 24.7 Å². The molecule has 1 aromatic carbocycles. The largest absolute Gasteiger partial charge is 0.493 e. The fraction of sp³-hybridized carbons (Fsp3) is 0.462. The zero-order valence-electron chi connectivity index (χ0n) is 10.6.